The van der Waals surface area contributed by atoms with E-state index in [0.29, 0.717) is 35.8 Å². The number of quaternary nitrogens is 2. The van der Waals surface area contributed by atoms with Crippen molar-refractivity contribution in [3.05, 3.63) is 35.4 Å². The fourth-order valence-electron chi connectivity index (χ4n) is 12.8. The van der Waals surface area contributed by atoms with Gasteiger partial charge in [-0.1, -0.05) is 32.1 Å². The Labute approximate surface area is 373 Å². The van der Waals surface area contributed by atoms with Gasteiger partial charge in [-0.15, -0.1) is 0 Å². The van der Waals surface area contributed by atoms with Gasteiger partial charge in [-0.3, -0.25) is 19.2 Å². The molecular formula is C49H72N2O12+2. The third-order valence-corrected chi connectivity index (χ3v) is 15.9. The Morgan fingerprint density at radius 1 is 0.571 bits per heavy atom. The summed E-state index contributed by atoms with van der Waals surface area (Å²) in [5.41, 5.74) is 1.17. The molecule has 14 nitrogen and oxygen atoms in total. The second-order valence-corrected chi connectivity index (χ2v) is 19.3. The first-order valence-corrected chi connectivity index (χ1v) is 23.0. The van der Waals surface area contributed by atoms with E-state index in [1.807, 2.05) is 24.3 Å². The molecule has 4 bridgehead atoms. The number of ether oxygens (including phenoxy) is 6. The Morgan fingerprint density at radius 2 is 0.905 bits per heavy atom. The molecule has 4 heterocycles. The van der Waals surface area contributed by atoms with Gasteiger partial charge in [0, 0.05) is 82.8 Å². The molecule has 0 radical (unpaired) electrons. The number of rotatable bonds is 22. The van der Waals surface area contributed by atoms with Gasteiger partial charge in [0.05, 0.1) is 72.1 Å². The molecule has 4 atom stereocenters. The van der Waals surface area contributed by atoms with Gasteiger partial charge in [-0.2, -0.15) is 0 Å². The van der Waals surface area contributed by atoms with Gasteiger partial charge in [-0.05, 0) is 48.9 Å². The third-order valence-electron chi connectivity index (χ3n) is 15.9. The van der Waals surface area contributed by atoms with Crippen molar-refractivity contribution in [3.63, 3.8) is 0 Å². The lowest BCUT2D eigenvalue weighted by Gasteiger charge is -2.55. The molecule has 6 rings (SSSR count). The number of carbonyl (C=O) groups is 4. The third kappa shape index (κ3) is 9.91. The molecular weight excluding hydrogens is 809 g/mol. The zero-order valence-corrected chi connectivity index (χ0v) is 38.9. The molecule has 14 heteroatoms. The summed E-state index contributed by atoms with van der Waals surface area (Å²) >= 11 is 0. The van der Waals surface area contributed by atoms with E-state index in [9.17, 15) is 24.3 Å². The lowest BCUT2D eigenvalue weighted by atomic mass is 9.56. The Morgan fingerprint density at radius 3 is 1.21 bits per heavy atom. The molecule has 2 aromatic rings. The van der Waals surface area contributed by atoms with E-state index in [0.717, 1.165) is 117 Å². The largest absolute Gasteiger partial charge is 0.493 e. The first-order chi connectivity index (χ1) is 30.0. The number of hydrogen-bond donors (Lipinski definition) is 2. The van der Waals surface area contributed by atoms with Gasteiger partial charge in [0.1, 0.15) is 13.1 Å². The van der Waals surface area contributed by atoms with Crippen LogP contribution in [0.25, 0.3) is 0 Å². The predicted octanol–water partition coefficient (Wildman–Crippen LogP) is 8.32. The number of esters is 2. The SMILES string of the molecule is COc1cc(C[N+]2(C)C3CCC2CC(C(CCCCCCCCC(=O)O)(C(=O)O)C2CC4CCC(C2)[N+]4(C)Cc2cc(OC)c(OC(C)=O)c(OC)c2)C3)cc(OC)c1OC(C)=O. The highest BCUT2D eigenvalue weighted by molar-refractivity contribution is 5.76. The van der Waals surface area contributed by atoms with Crippen LogP contribution in [0.3, 0.4) is 0 Å². The second-order valence-electron chi connectivity index (χ2n) is 19.3. The van der Waals surface area contributed by atoms with Crippen LogP contribution in [0, 0.1) is 17.3 Å². The van der Waals surface area contributed by atoms with Crippen molar-refractivity contribution < 1.29 is 66.8 Å². The van der Waals surface area contributed by atoms with Crippen LogP contribution in [0.2, 0.25) is 0 Å². The Kier molecular flexibility index (Phi) is 15.3. The maximum Gasteiger partial charge on any atom is 0.310 e. The highest BCUT2D eigenvalue weighted by Gasteiger charge is 2.63. The molecule has 348 valence electrons. The Bertz CT molecular complexity index is 1790. The molecule has 63 heavy (non-hydrogen) atoms. The van der Waals surface area contributed by atoms with Gasteiger partial charge < -0.3 is 47.6 Å². The number of unbranched alkanes of at least 4 members (excludes halogenated alkanes) is 5. The average molecular weight is 881 g/mol. The van der Waals surface area contributed by atoms with E-state index >= 15 is 0 Å². The zero-order chi connectivity index (χ0) is 45.7. The number of methoxy groups -OCH3 is 4. The monoisotopic (exact) mass is 881 g/mol. The van der Waals surface area contributed by atoms with E-state index in [-0.39, 0.29) is 53.9 Å². The topological polar surface area (TPSA) is 164 Å². The lowest BCUT2D eigenvalue weighted by Crippen LogP contribution is -2.63. The van der Waals surface area contributed by atoms with Gasteiger partial charge in [0.2, 0.25) is 11.5 Å². The summed E-state index contributed by atoms with van der Waals surface area (Å²) in [5.74, 6) is 0.0341. The molecule has 4 unspecified atom stereocenters. The van der Waals surface area contributed by atoms with Crippen LogP contribution in [0.15, 0.2) is 24.3 Å². The molecule has 0 aromatic heterocycles. The molecule has 0 aliphatic carbocycles. The Hall–Kier alpha value is -4.56. The number of carboxylic acids is 2. The summed E-state index contributed by atoms with van der Waals surface area (Å²) in [4.78, 5) is 49.3. The first kappa shape index (κ1) is 47.9. The first-order valence-electron chi connectivity index (χ1n) is 23.0. The van der Waals surface area contributed by atoms with Crippen molar-refractivity contribution in [1.82, 2.24) is 0 Å². The van der Waals surface area contributed by atoms with E-state index < -0.39 is 29.3 Å². The van der Waals surface area contributed by atoms with Crippen LogP contribution in [-0.2, 0) is 32.3 Å². The summed E-state index contributed by atoms with van der Waals surface area (Å²) < 4.78 is 35.3. The van der Waals surface area contributed by atoms with Crippen molar-refractivity contribution >= 4 is 23.9 Å². The second kappa shape index (κ2) is 20.1. The summed E-state index contributed by atoms with van der Waals surface area (Å²) in [6, 6.07) is 8.89. The van der Waals surface area contributed by atoms with Crippen LogP contribution in [-0.4, -0.2) is 110 Å². The van der Waals surface area contributed by atoms with E-state index in [1.54, 1.807) is 28.4 Å². The number of carboxylic acid groups (broad SMARTS) is 2. The molecule has 2 N–H and O–H groups in total. The number of aliphatic carboxylic acids is 2. The molecule has 0 saturated carbocycles. The minimum atomic E-state index is -0.863. The predicted molar refractivity (Wildman–Crippen MR) is 235 cm³/mol. The lowest BCUT2D eigenvalue weighted by molar-refractivity contribution is -0.963. The summed E-state index contributed by atoms with van der Waals surface area (Å²) in [6.07, 6.45) is 13.6. The Balaban J connectivity index is 1.27. The van der Waals surface area contributed by atoms with Gasteiger partial charge in [0.25, 0.3) is 0 Å². The number of nitrogens with zero attached hydrogens (tertiary/aromatic N) is 2. The molecule has 2 aromatic carbocycles. The molecule has 4 aliphatic rings. The van der Waals surface area contributed by atoms with Crippen LogP contribution in [0.4, 0.5) is 0 Å². The smallest absolute Gasteiger partial charge is 0.310 e. The maximum atomic E-state index is 14.4. The van der Waals surface area contributed by atoms with Crippen molar-refractivity contribution in [2.75, 3.05) is 42.5 Å². The van der Waals surface area contributed by atoms with Gasteiger partial charge >= 0.3 is 23.9 Å². The highest BCUT2D eigenvalue weighted by atomic mass is 16.6. The van der Waals surface area contributed by atoms with Crippen LogP contribution >= 0.6 is 0 Å². The summed E-state index contributed by atoms with van der Waals surface area (Å²) in [6.45, 7) is 4.14. The van der Waals surface area contributed by atoms with Crippen molar-refractivity contribution in [2.24, 2.45) is 17.3 Å². The number of carbonyl (C=O) groups excluding carboxylic acids is 2. The van der Waals surface area contributed by atoms with Crippen LogP contribution in [0.5, 0.6) is 34.5 Å². The van der Waals surface area contributed by atoms with Crippen LogP contribution in [0.1, 0.15) is 128 Å². The normalized spacial score (nSPS) is 28.1. The number of piperidine rings is 2. The summed E-state index contributed by atoms with van der Waals surface area (Å²) in [7, 11) is 10.9. The minimum Gasteiger partial charge on any atom is -0.493 e. The fourth-order valence-corrected chi connectivity index (χ4v) is 12.8. The van der Waals surface area contributed by atoms with Crippen molar-refractivity contribution in [3.8, 4) is 34.5 Å². The standard InChI is InChI=1S/C49H70N2O12/c1-31(52)62-46-41(58-5)21-33(22-42(46)59-6)29-50(3)37-16-17-38(50)26-35(25-37)49(48(56)57,20-14-12-10-9-11-13-15-45(54)55)36-27-39-18-19-40(28-36)51(39,4)30-34-23-43(60-7)47(63-32(2)53)44(24-34)61-8/h21-24,35-40H,9-20,25-30H2,1-8H3/p+2. The van der Waals surface area contributed by atoms with Gasteiger partial charge in [-0.25, -0.2) is 0 Å². The van der Waals surface area contributed by atoms with Crippen molar-refractivity contribution in [1.29, 1.82) is 0 Å². The molecule has 0 spiro atoms. The van der Waals surface area contributed by atoms with E-state index in [1.165, 1.54) is 13.8 Å². The molecule has 0 amide bonds. The number of hydrogen-bond acceptors (Lipinski definition) is 10. The maximum absolute atomic E-state index is 14.4. The highest BCUT2D eigenvalue weighted by Crippen LogP contribution is 2.59. The van der Waals surface area contributed by atoms with Gasteiger partial charge in [0.15, 0.2) is 23.0 Å². The van der Waals surface area contributed by atoms with Crippen molar-refractivity contribution in [2.45, 2.75) is 154 Å². The average Bonchev–Trinajstić information content (AvgIpc) is 3.45. The van der Waals surface area contributed by atoms with E-state index in [2.05, 4.69) is 14.1 Å². The quantitative estimate of drug-likeness (QED) is 0.0504. The molecule has 4 saturated heterocycles. The van der Waals surface area contributed by atoms with Crippen LogP contribution < -0.4 is 28.4 Å². The molecule has 4 fully saturated rings. The minimum absolute atomic E-state index is 0.0354. The number of benzene rings is 2. The zero-order valence-electron chi connectivity index (χ0n) is 38.9. The molecule has 4 aliphatic heterocycles. The van der Waals surface area contributed by atoms with E-state index in [4.69, 9.17) is 33.5 Å². The number of fused-ring (bicyclic) bond motifs is 4. The fraction of sp³-hybridized carbons (Fsp3) is 0.673. The summed E-state index contributed by atoms with van der Waals surface area (Å²) in [5, 5.41) is 20.9.